The Morgan fingerprint density at radius 2 is 2.40 bits per heavy atom. The highest BCUT2D eigenvalue weighted by Crippen LogP contribution is 2.39. The van der Waals surface area contributed by atoms with Crippen LogP contribution in [0.3, 0.4) is 0 Å². The van der Waals surface area contributed by atoms with Gasteiger partial charge in [0.25, 0.3) is 0 Å². The summed E-state index contributed by atoms with van der Waals surface area (Å²) in [6.45, 7) is 0. The van der Waals surface area contributed by atoms with Crippen molar-refractivity contribution >= 4 is 17.4 Å². The third-order valence-corrected chi connectivity index (χ3v) is 3.70. The summed E-state index contributed by atoms with van der Waals surface area (Å²) >= 11 is 1.55. The lowest BCUT2D eigenvalue weighted by atomic mass is 9.92. The van der Waals surface area contributed by atoms with E-state index in [4.69, 9.17) is 0 Å². The average Bonchev–Trinajstić information content (AvgIpc) is 2.71. The van der Waals surface area contributed by atoms with Crippen molar-refractivity contribution in [1.29, 1.82) is 0 Å². The molecule has 1 aliphatic rings. The molecule has 0 saturated heterocycles. The zero-order valence-corrected chi connectivity index (χ0v) is 9.30. The number of urea groups is 1. The number of fused-ring (bicyclic) bond motifs is 1. The van der Waals surface area contributed by atoms with Crippen LogP contribution in [-0.4, -0.2) is 18.2 Å². The van der Waals surface area contributed by atoms with Gasteiger partial charge in [0.15, 0.2) is 0 Å². The predicted molar refractivity (Wildman–Crippen MR) is 58.8 cm³/mol. The monoisotopic (exact) mass is 226 g/mol. The summed E-state index contributed by atoms with van der Waals surface area (Å²) in [5, 5.41) is 17.1. The van der Waals surface area contributed by atoms with Gasteiger partial charge in [-0.05, 0) is 29.9 Å². The fourth-order valence-electron chi connectivity index (χ4n) is 1.88. The van der Waals surface area contributed by atoms with Gasteiger partial charge in [0, 0.05) is 11.9 Å². The largest absolute Gasteiger partial charge is 0.388 e. The Hall–Kier alpha value is -1.07. The highest BCUT2D eigenvalue weighted by molar-refractivity contribution is 7.10. The van der Waals surface area contributed by atoms with Gasteiger partial charge in [-0.3, -0.25) is 0 Å². The maximum Gasteiger partial charge on any atom is 0.315 e. The van der Waals surface area contributed by atoms with Gasteiger partial charge in [-0.1, -0.05) is 0 Å². The van der Waals surface area contributed by atoms with Crippen LogP contribution in [0.1, 0.15) is 35.4 Å². The summed E-state index contributed by atoms with van der Waals surface area (Å²) in [6.07, 6.45) is 1.14. The number of rotatable bonds is 1. The summed E-state index contributed by atoms with van der Waals surface area (Å²) in [6, 6.07) is 1.84. The second-order valence-electron chi connectivity index (χ2n) is 3.61. The number of carbonyl (C=O) groups excluding carboxylic acids is 1. The molecule has 82 valence electrons. The van der Waals surface area contributed by atoms with Gasteiger partial charge in [0.1, 0.15) is 0 Å². The molecule has 5 heteroatoms. The topological polar surface area (TPSA) is 61.4 Å². The zero-order chi connectivity index (χ0) is 10.8. The maximum absolute atomic E-state index is 11.2. The van der Waals surface area contributed by atoms with Crippen molar-refractivity contribution in [2.24, 2.45) is 0 Å². The number of nitrogens with one attached hydrogen (secondary N) is 2. The fraction of sp³-hybridized carbons (Fsp3) is 0.500. The number of carbonyl (C=O) groups is 1. The summed E-state index contributed by atoms with van der Waals surface area (Å²) in [4.78, 5) is 12.2. The van der Waals surface area contributed by atoms with Gasteiger partial charge < -0.3 is 15.7 Å². The smallest absolute Gasteiger partial charge is 0.315 e. The van der Waals surface area contributed by atoms with Crippen molar-refractivity contribution in [3.8, 4) is 0 Å². The molecular formula is C10H14N2O2S. The van der Waals surface area contributed by atoms with Gasteiger partial charge in [-0.15, -0.1) is 11.3 Å². The molecule has 0 saturated carbocycles. The first kappa shape index (κ1) is 10.4. The summed E-state index contributed by atoms with van der Waals surface area (Å²) in [5.74, 6) is 0. The first-order valence-electron chi connectivity index (χ1n) is 4.96. The lowest BCUT2D eigenvalue weighted by molar-refractivity contribution is 0.151. The van der Waals surface area contributed by atoms with Gasteiger partial charge in [0.2, 0.25) is 0 Å². The summed E-state index contributed by atoms with van der Waals surface area (Å²) in [7, 11) is 1.60. The molecule has 1 aromatic rings. The summed E-state index contributed by atoms with van der Waals surface area (Å²) < 4.78 is 0. The van der Waals surface area contributed by atoms with Gasteiger partial charge in [0.05, 0.1) is 12.1 Å². The number of hydrogen-bond donors (Lipinski definition) is 3. The van der Waals surface area contributed by atoms with E-state index >= 15 is 0 Å². The number of aliphatic hydroxyl groups is 1. The lowest BCUT2D eigenvalue weighted by Gasteiger charge is -2.26. The molecule has 2 amide bonds. The first-order valence-corrected chi connectivity index (χ1v) is 5.84. The SMILES string of the molecule is CNC(=O)N[C@@H]1CC[C@@H](O)c2sccc21. The molecule has 0 spiro atoms. The van der Waals surface area contributed by atoms with Crippen molar-refractivity contribution < 1.29 is 9.90 Å². The van der Waals surface area contributed by atoms with Crippen LogP contribution in [0.5, 0.6) is 0 Å². The quantitative estimate of drug-likeness (QED) is 0.680. The average molecular weight is 226 g/mol. The molecule has 1 heterocycles. The number of thiophene rings is 1. The van der Waals surface area contributed by atoms with E-state index in [0.717, 1.165) is 16.9 Å². The molecule has 15 heavy (non-hydrogen) atoms. The minimum absolute atomic E-state index is 0.0367. The van der Waals surface area contributed by atoms with Crippen LogP contribution < -0.4 is 10.6 Å². The first-order chi connectivity index (χ1) is 7.22. The highest BCUT2D eigenvalue weighted by Gasteiger charge is 2.27. The molecule has 0 aromatic carbocycles. The van der Waals surface area contributed by atoms with Crippen molar-refractivity contribution in [2.75, 3.05) is 7.05 Å². The van der Waals surface area contributed by atoms with Crippen molar-refractivity contribution in [1.82, 2.24) is 10.6 Å². The van der Waals surface area contributed by atoms with E-state index in [9.17, 15) is 9.90 Å². The van der Waals surface area contributed by atoms with Crippen LogP contribution in [-0.2, 0) is 0 Å². The van der Waals surface area contributed by atoms with Crippen LogP contribution >= 0.6 is 11.3 Å². The molecular weight excluding hydrogens is 212 g/mol. The zero-order valence-electron chi connectivity index (χ0n) is 8.49. The molecule has 4 nitrogen and oxygen atoms in total. The second-order valence-corrected chi connectivity index (χ2v) is 4.56. The molecule has 2 rings (SSSR count). The van der Waals surface area contributed by atoms with Gasteiger partial charge in [-0.25, -0.2) is 4.79 Å². The van der Waals surface area contributed by atoms with Gasteiger partial charge in [-0.2, -0.15) is 0 Å². The highest BCUT2D eigenvalue weighted by atomic mass is 32.1. The van der Waals surface area contributed by atoms with E-state index in [-0.39, 0.29) is 18.2 Å². The van der Waals surface area contributed by atoms with E-state index in [1.165, 1.54) is 0 Å². The molecule has 2 atom stereocenters. The van der Waals surface area contributed by atoms with Crippen molar-refractivity contribution in [3.63, 3.8) is 0 Å². The fourth-order valence-corrected chi connectivity index (χ4v) is 2.86. The standard InChI is InChI=1S/C10H14N2O2S/c1-11-10(14)12-7-2-3-8(13)9-6(7)4-5-15-9/h4-5,7-8,13H,2-3H2,1H3,(H2,11,12,14)/t7-,8-/m1/s1. The third-order valence-electron chi connectivity index (χ3n) is 2.67. The molecule has 1 aliphatic carbocycles. The van der Waals surface area contributed by atoms with Gasteiger partial charge >= 0.3 is 6.03 Å². The number of aliphatic hydroxyl groups excluding tert-OH is 1. The van der Waals surface area contributed by atoms with Crippen LogP contribution in [0.4, 0.5) is 4.79 Å². The van der Waals surface area contributed by atoms with Crippen LogP contribution in [0.2, 0.25) is 0 Å². The van der Waals surface area contributed by atoms with Crippen molar-refractivity contribution in [2.45, 2.75) is 25.0 Å². The second kappa shape index (κ2) is 4.20. The molecule has 3 N–H and O–H groups in total. The Balaban J connectivity index is 2.17. The third kappa shape index (κ3) is 1.98. The molecule has 0 bridgehead atoms. The molecule has 0 fully saturated rings. The van der Waals surface area contributed by atoms with Crippen molar-refractivity contribution in [3.05, 3.63) is 21.9 Å². The normalized spacial score (nSPS) is 24.4. The summed E-state index contributed by atoms with van der Waals surface area (Å²) in [5.41, 5.74) is 1.06. The van der Waals surface area contributed by atoms with E-state index in [0.29, 0.717) is 6.42 Å². The van der Waals surface area contributed by atoms with Crippen LogP contribution in [0.25, 0.3) is 0 Å². The van der Waals surface area contributed by atoms with Crippen LogP contribution in [0.15, 0.2) is 11.4 Å². The Kier molecular flexibility index (Phi) is 2.93. The van der Waals surface area contributed by atoms with E-state index in [1.807, 2.05) is 11.4 Å². The Morgan fingerprint density at radius 3 is 3.13 bits per heavy atom. The van der Waals surface area contributed by atoms with E-state index in [1.54, 1.807) is 18.4 Å². The Morgan fingerprint density at radius 1 is 1.60 bits per heavy atom. The number of hydrogen-bond acceptors (Lipinski definition) is 3. The molecule has 0 radical (unpaired) electrons. The van der Waals surface area contributed by atoms with E-state index < -0.39 is 0 Å². The molecule has 0 unspecified atom stereocenters. The molecule has 1 aromatic heterocycles. The number of amides is 2. The van der Waals surface area contributed by atoms with E-state index in [2.05, 4.69) is 10.6 Å². The lowest BCUT2D eigenvalue weighted by Crippen LogP contribution is -2.37. The minimum Gasteiger partial charge on any atom is -0.388 e. The maximum atomic E-state index is 11.2. The molecule has 0 aliphatic heterocycles. The Bertz CT molecular complexity index is 364. The predicted octanol–water partition coefficient (Wildman–Crippen LogP) is 1.55. The Labute approximate surface area is 92.3 Å². The minimum atomic E-state index is -0.359. The van der Waals surface area contributed by atoms with Crippen LogP contribution in [0, 0.1) is 0 Å².